The summed E-state index contributed by atoms with van der Waals surface area (Å²) in [4.78, 5) is 3.40. The van der Waals surface area contributed by atoms with Crippen molar-refractivity contribution in [3.8, 4) is 5.75 Å². The van der Waals surface area contributed by atoms with Crippen LogP contribution in [0.4, 0.5) is 0 Å². The van der Waals surface area contributed by atoms with E-state index in [-0.39, 0.29) is 0 Å². The van der Waals surface area contributed by atoms with Crippen LogP contribution in [0.2, 0.25) is 0 Å². The number of nitrogens with one attached hydrogen (secondary N) is 1. The molecule has 1 atom stereocenters. The second kappa shape index (κ2) is 3.50. The van der Waals surface area contributed by atoms with E-state index in [0.29, 0.717) is 11.9 Å². The molecule has 1 aliphatic rings. The van der Waals surface area contributed by atoms with Gasteiger partial charge in [0, 0.05) is 22.7 Å². The van der Waals surface area contributed by atoms with Crippen molar-refractivity contribution in [1.82, 2.24) is 4.98 Å². The Morgan fingerprint density at radius 1 is 1.22 bits per heavy atom. The van der Waals surface area contributed by atoms with Crippen LogP contribution in [0.5, 0.6) is 5.75 Å². The second-order valence-electron chi connectivity index (χ2n) is 4.82. The molecule has 3 aromatic rings. The SMILES string of the molecule is Oc1ccc(C[C@H]2CO2)c2[nH]c3ccccc3c12. The van der Waals surface area contributed by atoms with Gasteiger partial charge >= 0.3 is 0 Å². The Bertz CT molecular complexity index is 741. The summed E-state index contributed by atoms with van der Waals surface area (Å²) in [6, 6.07) is 11.8. The third-order valence-electron chi connectivity index (χ3n) is 3.58. The quantitative estimate of drug-likeness (QED) is 0.675. The molecule has 0 bridgehead atoms. The highest BCUT2D eigenvalue weighted by Crippen LogP contribution is 2.35. The molecule has 2 N–H and O–H groups in total. The van der Waals surface area contributed by atoms with Crippen LogP contribution in [0.1, 0.15) is 5.56 Å². The van der Waals surface area contributed by atoms with E-state index < -0.39 is 0 Å². The lowest BCUT2D eigenvalue weighted by Crippen LogP contribution is -1.93. The highest BCUT2D eigenvalue weighted by molar-refractivity contribution is 6.11. The number of aromatic nitrogens is 1. The van der Waals surface area contributed by atoms with Crippen molar-refractivity contribution in [3.05, 3.63) is 42.0 Å². The topological polar surface area (TPSA) is 48.5 Å². The Kier molecular flexibility index (Phi) is 1.94. The van der Waals surface area contributed by atoms with Crippen molar-refractivity contribution in [1.29, 1.82) is 0 Å². The minimum Gasteiger partial charge on any atom is -0.507 e. The van der Waals surface area contributed by atoms with E-state index in [4.69, 9.17) is 4.74 Å². The number of epoxide rings is 1. The van der Waals surface area contributed by atoms with E-state index >= 15 is 0 Å². The standard InChI is InChI=1S/C15H13NO2/c17-13-6-5-9(7-10-8-18-10)15-14(13)11-3-1-2-4-12(11)16-15/h1-6,10,16-17H,7-8H2/t10-/m0/s1. The highest BCUT2D eigenvalue weighted by atomic mass is 16.6. The van der Waals surface area contributed by atoms with E-state index in [9.17, 15) is 5.11 Å². The average molecular weight is 239 g/mol. The molecule has 0 amide bonds. The molecule has 0 aliphatic carbocycles. The van der Waals surface area contributed by atoms with E-state index in [1.165, 1.54) is 5.56 Å². The maximum Gasteiger partial charge on any atom is 0.125 e. The highest BCUT2D eigenvalue weighted by Gasteiger charge is 2.24. The third kappa shape index (κ3) is 1.41. The van der Waals surface area contributed by atoms with Crippen LogP contribution in [-0.2, 0) is 11.2 Å². The number of hydrogen-bond acceptors (Lipinski definition) is 2. The zero-order valence-corrected chi connectivity index (χ0v) is 9.81. The molecule has 2 heterocycles. The van der Waals surface area contributed by atoms with E-state index in [1.807, 2.05) is 30.3 Å². The average Bonchev–Trinajstić information content (AvgIpc) is 3.10. The molecule has 1 fully saturated rings. The van der Waals surface area contributed by atoms with E-state index in [2.05, 4.69) is 4.98 Å². The molecule has 4 rings (SSSR count). The van der Waals surface area contributed by atoms with Gasteiger partial charge in [0.2, 0.25) is 0 Å². The summed E-state index contributed by atoms with van der Waals surface area (Å²) in [5, 5.41) is 12.1. The van der Waals surface area contributed by atoms with Gasteiger partial charge in [0.15, 0.2) is 0 Å². The monoisotopic (exact) mass is 239 g/mol. The lowest BCUT2D eigenvalue weighted by atomic mass is 10.0. The van der Waals surface area contributed by atoms with Crippen LogP contribution < -0.4 is 0 Å². The summed E-state index contributed by atoms with van der Waals surface area (Å²) in [5.41, 5.74) is 3.31. The Morgan fingerprint density at radius 2 is 2.06 bits per heavy atom. The van der Waals surface area contributed by atoms with Crippen LogP contribution in [0.3, 0.4) is 0 Å². The molecule has 90 valence electrons. The molecule has 2 aromatic carbocycles. The smallest absolute Gasteiger partial charge is 0.125 e. The number of para-hydroxylation sites is 1. The van der Waals surface area contributed by atoms with Crippen molar-refractivity contribution >= 4 is 21.8 Å². The van der Waals surface area contributed by atoms with Gasteiger partial charge in [-0.15, -0.1) is 0 Å². The molecule has 0 spiro atoms. The number of benzene rings is 2. The lowest BCUT2D eigenvalue weighted by Gasteiger charge is -2.02. The first-order chi connectivity index (χ1) is 8.83. The van der Waals surface area contributed by atoms with Crippen molar-refractivity contribution in [2.24, 2.45) is 0 Å². The number of hydrogen-bond donors (Lipinski definition) is 2. The fraction of sp³-hybridized carbons (Fsp3) is 0.200. The molecule has 0 radical (unpaired) electrons. The van der Waals surface area contributed by atoms with Crippen LogP contribution in [-0.4, -0.2) is 22.8 Å². The summed E-state index contributed by atoms with van der Waals surface area (Å²) < 4.78 is 5.29. The normalized spacial score (nSPS) is 18.6. The van der Waals surface area contributed by atoms with Gasteiger partial charge in [0.1, 0.15) is 5.75 Å². The van der Waals surface area contributed by atoms with Crippen LogP contribution in [0, 0.1) is 0 Å². The summed E-state index contributed by atoms with van der Waals surface area (Å²) in [6.07, 6.45) is 1.26. The largest absolute Gasteiger partial charge is 0.507 e. The van der Waals surface area contributed by atoms with Crippen LogP contribution in [0.15, 0.2) is 36.4 Å². The molecule has 18 heavy (non-hydrogen) atoms. The van der Waals surface area contributed by atoms with Crippen molar-refractivity contribution in [2.45, 2.75) is 12.5 Å². The van der Waals surface area contributed by atoms with Crippen LogP contribution in [0.25, 0.3) is 21.8 Å². The van der Waals surface area contributed by atoms with Gasteiger partial charge in [-0.25, -0.2) is 0 Å². The molecule has 3 heteroatoms. The van der Waals surface area contributed by atoms with Crippen molar-refractivity contribution in [2.75, 3.05) is 6.61 Å². The van der Waals surface area contributed by atoms with E-state index in [1.54, 1.807) is 6.07 Å². The minimum atomic E-state index is 0.336. The number of H-pyrrole nitrogens is 1. The summed E-state index contributed by atoms with van der Waals surface area (Å²) >= 11 is 0. The van der Waals surface area contributed by atoms with Gasteiger partial charge in [-0.05, 0) is 17.7 Å². The Labute approximate surface area is 104 Å². The first kappa shape index (κ1) is 9.97. The van der Waals surface area contributed by atoms with Crippen molar-refractivity contribution in [3.63, 3.8) is 0 Å². The summed E-state index contributed by atoms with van der Waals surface area (Å²) in [6.45, 7) is 0.850. The number of aromatic amines is 1. The minimum absolute atomic E-state index is 0.336. The zero-order chi connectivity index (χ0) is 12.1. The van der Waals surface area contributed by atoms with Crippen LogP contribution >= 0.6 is 0 Å². The fourth-order valence-electron chi connectivity index (χ4n) is 2.60. The van der Waals surface area contributed by atoms with Gasteiger partial charge in [0.05, 0.1) is 18.2 Å². The molecule has 0 saturated carbocycles. The Hall–Kier alpha value is -2.00. The van der Waals surface area contributed by atoms with Crippen molar-refractivity contribution < 1.29 is 9.84 Å². The Balaban J connectivity index is 2.05. The summed E-state index contributed by atoms with van der Waals surface area (Å²) in [7, 11) is 0. The molecule has 1 aromatic heterocycles. The zero-order valence-electron chi connectivity index (χ0n) is 9.81. The third-order valence-corrected chi connectivity index (χ3v) is 3.58. The first-order valence-corrected chi connectivity index (χ1v) is 6.16. The molecular weight excluding hydrogens is 226 g/mol. The maximum atomic E-state index is 10.1. The molecule has 1 saturated heterocycles. The van der Waals surface area contributed by atoms with Gasteiger partial charge < -0.3 is 14.8 Å². The van der Waals surface area contributed by atoms with Gasteiger partial charge in [0.25, 0.3) is 0 Å². The number of rotatable bonds is 2. The number of phenolic OH excluding ortho intramolecular Hbond substituents is 1. The van der Waals surface area contributed by atoms with Gasteiger partial charge in [-0.1, -0.05) is 24.3 Å². The first-order valence-electron chi connectivity index (χ1n) is 6.16. The molecule has 3 nitrogen and oxygen atoms in total. The predicted octanol–water partition coefficient (Wildman–Crippen LogP) is 2.97. The number of aromatic hydroxyl groups is 1. The number of ether oxygens (including phenoxy) is 1. The predicted molar refractivity (Wildman–Crippen MR) is 70.9 cm³/mol. The maximum absolute atomic E-state index is 10.1. The molecule has 0 unspecified atom stereocenters. The Morgan fingerprint density at radius 3 is 2.89 bits per heavy atom. The molecule has 1 aliphatic heterocycles. The second-order valence-corrected chi connectivity index (χ2v) is 4.82. The van der Waals surface area contributed by atoms with Gasteiger partial charge in [-0.2, -0.15) is 0 Å². The summed E-state index contributed by atoms with van der Waals surface area (Å²) in [5.74, 6) is 0.336. The van der Waals surface area contributed by atoms with Gasteiger partial charge in [-0.3, -0.25) is 0 Å². The van der Waals surface area contributed by atoms with E-state index in [0.717, 1.165) is 34.8 Å². The number of fused-ring (bicyclic) bond motifs is 3. The fourth-order valence-corrected chi connectivity index (χ4v) is 2.60. The number of phenols is 1. The lowest BCUT2D eigenvalue weighted by molar-refractivity contribution is 0.408. The molecular formula is C15H13NO2.